The standard InChI is InChI=1S/C16H19NO4/c1-2-11-20-16(19)12-17-10-6-9-15(18)21-13-14-7-4-3-5-8-14/h3-5,7-8,17H,2,10-13H2,1H3. The molecule has 0 heterocycles. The van der Waals surface area contributed by atoms with Crippen molar-refractivity contribution in [3.05, 3.63) is 35.9 Å². The van der Waals surface area contributed by atoms with Crippen molar-refractivity contribution in [3.8, 4) is 11.8 Å². The second kappa shape index (κ2) is 10.5. The van der Waals surface area contributed by atoms with Gasteiger partial charge in [-0.1, -0.05) is 43.2 Å². The van der Waals surface area contributed by atoms with E-state index in [-0.39, 0.29) is 25.7 Å². The van der Waals surface area contributed by atoms with Crippen LogP contribution in [0.2, 0.25) is 0 Å². The predicted octanol–water partition coefficient (Wildman–Crippen LogP) is 1.28. The number of benzene rings is 1. The maximum Gasteiger partial charge on any atom is 0.384 e. The molecule has 0 saturated heterocycles. The minimum Gasteiger partial charge on any atom is -0.465 e. The average Bonchev–Trinajstić information content (AvgIpc) is 2.51. The fourth-order valence-electron chi connectivity index (χ4n) is 1.37. The number of nitrogens with one attached hydrogen (secondary N) is 1. The van der Waals surface area contributed by atoms with Gasteiger partial charge in [0.15, 0.2) is 0 Å². The van der Waals surface area contributed by atoms with Crippen LogP contribution in [0.5, 0.6) is 0 Å². The van der Waals surface area contributed by atoms with Crippen LogP contribution in [0.4, 0.5) is 0 Å². The monoisotopic (exact) mass is 289 g/mol. The van der Waals surface area contributed by atoms with Crippen LogP contribution in [-0.2, 0) is 25.7 Å². The van der Waals surface area contributed by atoms with Crippen molar-refractivity contribution in [3.63, 3.8) is 0 Å². The summed E-state index contributed by atoms with van der Waals surface area (Å²) in [6.45, 7) is 2.84. The Balaban J connectivity index is 2.13. The molecule has 0 aliphatic carbocycles. The molecule has 0 radical (unpaired) electrons. The lowest BCUT2D eigenvalue weighted by Gasteiger charge is -2.02. The summed E-state index contributed by atoms with van der Waals surface area (Å²) >= 11 is 0. The Labute approximate surface area is 124 Å². The first-order valence-corrected chi connectivity index (χ1v) is 6.78. The first kappa shape index (κ1) is 16.7. The van der Waals surface area contributed by atoms with Crippen molar-refractivity contribution >= 4 is 11.9 Å². The largest absolute Gasteiger partial charge is 0.465 e. The molecule has 0 saturated carbocycles. The van der Waals surface area contributed by atoms with E-state index in [1.165, 1.54) is 0 Å². The van der Waals surface area contributed by atoms with Gasteiger partial charge in [-0.05, 0) is 12.0 Å². The third-order valence-corrected chi connectivity index (χ3v) is 2.35. The number of carbonyl (C=O) groups is 2. The molecule has 0 amide bonds. The molecule has 0 aliphatic rings. The molecule has 0 atom stereocenters. The zero-order valence-corrected chi connectivity index (χ0v) is 12.1. The van der Waals surface area contributed by atoms with E-state index in [0.29, 0.717) is 6.61 Å². The summed E-state index contributed by atoms with van der Waals surface area (Å²) in [4.78, 5) is 22.5. The summed E-state index contributed by atoms with van der Waals surface area (Å²) in [6.07, 6.45) is 0.790. The van der Waals surface area contributed by atoms with Crippen molar-refractivity contribution in [1.82, 2.24) is 5.32 Å². The number of esters is 2. The van der Waals surface area contributed by atoms with Crippen LogP contribution in [0.3, 0.4) is 0 Å². The molecule has 0 aliphatic heterocycles. The summed E-state index contributed by atoms with van der Waals surface area (Å²) in [5, 5.41) is 2.77. The van der Waals surface area contributed by atoms with Gasteiger partial charge in [0, 0.05) is 5.92 Å². The van der Waals surface area contributed by atoms with Crippen LogP contribution >= 0.6 is 0 Å². The highest BCUT2D eigenvalue weighted by atomic mass is 16.5. The van der Waals surface area contributed by atoms with Gasteiger partial charge in [0.2, 0.25) is 0 Å². The van der Waals surface area contributed by atoms with E-state index in [1.807, 2.05) is 37.3 Å². The molecule has 0 spiro atoms. The van der Waals surface area contributed by atoms with Gasteiger partial charge in [0.1, 0.15) is 6.61 Å². The summed E-state index contributed by atoms with van der Waals surface area (Å²) in [5.74, 6) is 4.02. The lowest BCUT2D eigenvalue weighted by atomic mass is 10.2. The fourth-order valence-corrected chi connectivity index (χ4v) is 1.37. The van der Waals surface area contributed by atoms with Crippen LogP contribution in [0.25, 0.3) is 0 Å². The highest BCUT2D eigenvalue weighted by Crippen LogP contribution is 2.00. The number of ether oxygens (including phenoxy) is 2. The van der Waals surface area contributed by atoms with E-state index < -0.39 is 5.97 Å². The molecule has 5 nitrogen and oxygen atoms in total. The lowest BCUT2D eigenvalue weighted by molar-refractivity contribution is -0.142. The third kappa shape index (κ3) is 8.45. The fraction of sp³-hybridized carbons (Fsp3) is 0.375. The predicted molar refractivity (Wildman–Crippen MR) is 78.1 cm³/mol. The Bertz CT molecular complexity index is 502. The lowest BCUT2D eigenvalue weighted by Crippen LogP contribution is -2.25. The molecule has 0 unspecified atom stereocenters. The van der Waals surface area contributed by atoms with Gasteiger partial charge in [-0.2, -0.15) is 0 Å². The molecular formula is C16H19NO4. The van der Waals surface area contributed by atoms with E-state index in [0.717, 1.165) is 12.0 Å². The molecule has 0 fully saturated rings. The Hall–Kier alpha value is -2.32. The average molecular weight is 289 g/mol. The van der Waals surface area contributed by atoms with Crippen LogP contribution in [0.15, 0.2) is 30.3 Å². The molecular weight excluding hydrogens is 270 g/mol. The Morgan fingerprint density at radius 2 is 1.95 bits per heavy atom. The smallest absolute Gasteiger partial charge is 0.384 e. The van der Waals surface area contributed by atoms with Crippen molar-refractivity contribution in [1.29, 1.82) is 0 Å². The SMILES string of the molecule is CCCOC(=O)CNCC#CC(=O)OCc1ccccc1. The van der Waals surface area contributed by atoms with E-state index in [1.54, 1.807) is 0 Å². The summed E-state index contributed by atoms with van der Waals surface area (Å²) in [6, 6.07) is 9.36. The van der Waals surface area contributed by atoms with Crippen LogP contribution < -0.4 is 5.32 Å². The molecule has 1 aromatic rings. The number of hydrogen-bond acceptors (Lipinski definition) is 5. The third-order valence-electron chi connectivity index (χ3n) is 2.35. The second-order valence-corrected chi connectivity index (χ2v) is 4.19. The van der Waals surface area contributed by atoms with Gasteiger partial charge in [-0.3, -0.25) is 10.1 Å². The molecule has 112 valence electrons. The first-order chi connectivity index (χ1) is 10.2. The Kier molecular flexibility index (Phi) is 8.34. The minimum absolute atomic E-state index is 0.0771. The van der Waals surface area contributed by atoms with Crippen LogP contribution in [0, 0.1) is 11.8 Å². The van der Waals surface area contributed by atoms with Gasteiger partial charge in [0.25, 0.3) is 0 Å². The van der Waals surface area contributed by atoms with Gasteiger partial charge >= 0.3 is 11.9 Å². The van der Waals surface area contributed by atoms with Gasteiger partial charge < -0.3 is 9.47 Å². The molecule has 1 rings (SSSR count). The van der Waals surface area contributed by atoms with Crippen molar-refractivity contribution in [2.24, 2.45) is 0 Å². The Morgan fingerprint density at radius 3 is 2.67 bits per heavy atom. The number of carbonyl (C=O) groups excluding carboxylic acids is 2. The van der Waals surface area contributed by atoms with Gasteiger partial charge in [0.05, 0.1) is 19.7 Å². The summed E-state index contributed by atoms with van der Waals surface area (Å²) in [5.41, 5.74) is 0.907. The van der Waals surface area contributed by atoms with E-state index in [9.17, 15) is 9.59 Å². The van der Waals surface area contributed by atoms with Gasteiger partial charge in [-0.25, -0.2) is 4.79 Å². The van der Waals surface area contributed by atoms with Crippen molar-refractivity contribution in [2.75, 3.05) is 19.7 Å². The maximum absolute atomic E-state index is 11.3. The van der Waals surface area contributed by atoms with Crippen LogP contribution in [-0.4, -0.2) is 31.6 Å². The summed E-state index contributed by atoms with van der Waals surface area (Å²) in [7, 11) is 0. The number of hydrogen-bond donors (Lipinski definition) is 1. The molecule has 1 N–H and O–H groups in total. The first-order valence-electron chi connectivity index (χ1n) is 6.78. The molecule has 1 aromatic carbocycles. The second-order valence-electron chi connectivity index (χ2n) is 4.19. The van der Waals surface area contributed by atoms with Gasteiger partial charge in [-0.15, -0.1) is 0 Å². The van der Waals surface area contributed by atoms with E-state index >= 15 is 0 Å². The van der Waals surface area contributed by atoms with Crippen molar-refractivity contribution in [2.45, 2.75) is 20.0 Å². The highest BCUT2D eigenvalue weighted by molar-refractivity contribution is 5.88. The zero-order valence-electron chi connectivity index (χ0n) is 12.1. The minimum atomic E-state index is -0.589. The van der Waals surface area contributed by atoms with E-state index in [2.05, 4.69) is 17.2 Å². The number of rotatable bonds is 7. The highest BCUT2D eigenvalue weighted by Gasteiger charge is 2.00. The van der Waals surface area contributed by atoms with E-state index in [4.69, 9.17) is 9.47 Å². The molecule has 21 heavy (non-hydrogen) atoms. The van der Waals surface area contributed by atoms with Crippen LogP contribution in [0.1, 0.15) is 18.9 Å². The van der Waals surface area contributed by atoms with Crippen molar-refractivity contribution < 1.29 is 19.1 Å². The zero-order chi connectivity index (χ0) is 15.3. The normalized spacial score (nSPS) is 9.38. The topological polar surface area (TPSA) is 64.6 Å². The maximum atomic E-state index is 11.3. The Morgan fingerprint density at radius 1 is 1.19 bits per heavy atom. The summed E-state index contributed by atoms with van der Waals surface area (Å²) < 4.78 is 9.84. The molecule has 5 heteroatoms. The molecule has 0 bridgehead atoms. The quantitative estimate of drug-likeness (QED) is 0.354. The molecule has 0 aromatic heterocycles.